The molecule has 1 N–H and O–H groups in total. The second-order valence-corrected chi connectivity index (χ2v) is 9.75. The van der Waals surface area contributed by atoms with Crippen LogP contribution in [0, 0.1) is 5.92 Å². The number of carbonyl (C=O) groups is 1. The van der Waals surface area contributed by atoms with Crippen molar-refractivity contribution in [3.05, 3.63) is 78.0 Å². The summed E-state index contributed by atoms with van der Waals surface area (Å²) in [6.45, 7) is 2.15. The first kappa shape index (κ1) is 21.0. The maximum Gasteiger partial charge on any atom is 0.274 e. The Bertz CT molecular complexity index is 1280. The van der Waals surface area contributed by atoms with Crippen LogP contribution in [-0.4, -0.2) is 30.6 Å². The van der Waals surface area contributed by atoms with Crippen molar-refractivity contribution in [1.82, 2.24) is 30.0 Å². The number of allylic oxidation sites excluding steroid dienone is 4. The summed E-state index contributed by atoms with van der Waals surface area (Å²) in [5, 5.41) is 11.6. The lowest BCUT2D eigenvalue weighted by atomic mass is 9.82. The molecule has 1 unspecified atom stereocenters. The van der Waals surface area contributed by atoms with Gasteiger partial charge < -0.3 is 9.88 Å². The highest BCUT2D eigenvalue weighted by molar-refractivity contribution is 5.95. The molecule has 0 aromatic carbocycles. The minimum absolute atomic E-state index is 0.204. The molecule has 3 aliphatic carbocycles. The van der Waals surface area contributed by atoms with Crippen LogP contribution in [0.3, 0.4) is 0 Å². The maximum absolute atomic E-state index is 13.1. The Morgan fingerprint density at radius 1 is 1.09 bits per heavy atom. The average molecular weight is 453 g/mol. The minimum atomic E-state index is -0.204. The fourth-order valence-electron chi connectivity index (χ4n) is 4.77. The van der Waals surface area contributed by atoms with Gasteiger partial charge in [0.2, 0.25) is 0 Å². The van der Waals surface area contributed by atoms with Crippen LogP contribution >= 0.6 is 0 Å². The quantitative estimate of drug-likeness (QED) is 0.564. The number of carbonyl (C=O) groups excluding carboxylic acids is 1. The van der Waals surface area contributed by atoms with Crippen molar-refractivity contribution in [1.29, 1.82) is 0 Å². The van der Waals surface area contributed by atoms with Crippen molar-refractivity contribution in [2.75, 3.05) is 0 Å². The van der Waals surface area contributed by atoms with Crippen LogP contribution in [0.25, 0.3) is 16.7 Å². The summed E-state index contributed by atoms with van der Waals surface area (Å²) in [6, 6.07) is 8.46. The van der Waals surface area contributed by atoms with Gasteiger partial charge in [0.25, 0.3) is 5.91 Å². The number of aromatic nitrogens is 5. The molecular weight excluding hydrogens is 424 g/mol. The van der Waals surface area contributed by atoms with E-state index in [1.54, 1.807) is 6.20 Å². The van der Waals surface area contributed by atoms with Gasteiger partial charge in [-0.2, -0.15) is 0 Å². The van der Waals surface area contributed by atoms with Gasteiger partial charge in [0.1, 0.15) is 12.0 Å². The summed E-state index contributed by atoms with van der Waals surface area (Å²) in [4.78, 5) is 22.1. The summed E-state index contributed by atoms with van der Waals surface area (Å²) in [5.41, 5.74) is 5.39. The number of nitrogens with one attached hydrogen (secondary N) is 1. The van der Waals surface area contributed by atoms with Crippen LogP contribution in [0.4, 0.5) is 0 Å². The van der Waals surface area contributed by atoms with Crippen molar-refractivity contribution in [3.63, 3.8) is 0 Å². The van der Waals surface area contributed by atoms with E-state index in [0.29, 0.717) is 23.6 Å². The molecule has 172 valence electrons. The Hall–Kier alpha value is -3.61. The summed E-state index contributed by atoms with van der Waals surface area (Å²) in [6.07, 6.45) is 16.5. The molecule has 1 atom stereocenters. The van der Waals surface area contributed by atoms with Gasteiger partial charge in [0.15, 0.2) is 5.82 Å². The SMILES string of the molecule is CC1C=C(c2nncn2C2CC2)C=C(NC(=O)c2cc(-c3ccc(C4CCC4)nc3)ccn2)C1. The van der Waals surface area contributed by atoms with Crippen LogP contribution in [0.1, 0.15) is 79.4 Å². The number of nitrogens with zero attached hydrogens (tertiary/aromatic N) is 5. The zero-order valence-electron chi connectivity index (χ0n) is 19.3. The lowest BCUT2D eigenvalue weighted by Crippen LogP contribution is -2.26. The predicted molar refractivity (Wildman–Crippen MR) is 130 cm³/mol. The smallest absolute Gasteiger partial charge is 0.274 e. The van der Waals surface area contributed by atoms with E-state index in [2.05, 4.69) is 55.2 Å². The molecule has 2 saturated carbocycles. The predicted octanol–water partition coefficient (Wildman–Crippen LogP) is 5.07. The Balaban J connectivity index is 1.19. The van der Waals surface area contributed by atoms with Crippen LogP contribution in [0.15, 0.2) is 60.8 Å². The molecule has 2 fully saturated rings. The van der Waals surface area contributed by atoms with Gasteiger partial charge in [-0.25, -0.2) is 0 Å². The molecular formula is C27H28N6O. The lowest BCUT2D eigenvalue weighted by Gasteiger charge is -2.24. The average Bonchev–Trinajstić information content (AvgIpc) is 3.54. The Morgan fingerprint density at radius 2 is 1.97 bits per heavy atom. The van der Waals surface area contributed by atoms with Crippen LogP contribution < -0.4 is 5.32 Å². The Kier molecular flexibility index (Phi) is 5.32. The molecule has 0 radical (unpaired) electrons. The molecule has 7 heteroatoms. The molecule has 3 heterocycles. The third-order valence-corrected chi connectivity index (χ3v) is 7.02. The summed E-state index contributed by atoms with van der Waals surface area (Å²) in [7, 11) is 0. The fourth-order valence-corrected chi connectivity index (χ4v) is 4.77. The molecule has 3 aliphatic rings. The van der Waals surface area contributed by atoms with E-state index in [4.69, 9.17) is 0 Å². The van der Waals surface area contributed by atoms with Crippen LogP contribution in [0.5, 0.6) is 0 Å². The second-order valence-electron chi connectivity index (χ2n) is 9.75. The van der Waals surface area contributed by atoms with Crippen molar-refractivity contribution in [2.24, 2.45) is 5.92 Å². The molecule has 7 nitrogen and oxygen atoms in total. The largest absolute Gasteiger partial charge is 0.324 e. The third-order valence-electron chi connectivity index (χ3n) is 7.02. The minimum Gasteiger partial charge on any atom is -0.324 e. The van der Waals surface area contributed by atoms with E-state index >= 15 is 0 Å². The van der Waals surface area contributed by atoms with E-state index < -0.39 is 0 Å². The van der Waals surface area contributed by atoms with Gasteiger partial charge in [0.05, 0.1) is 0 Å². The highest BCUT2D eigenvalue weighted by atomic mass is 16.1. The molecule has 0 spiro atoms. The first-order valence-corrected chi connectivity index (χ1v) is 12.2. The van der Waals surface area contributed by atoms with E-state index in [-0.39, 0.29) is 5.91 Å². The monoisotopic (exact) mass is 452 g/mol. The molecule has 3 aromatic heterocycles. The zero-order valence-corrected chi connectivity index (χ0v) is 19.3. The van der Waals surface area contributed by atoms with E-state index in [9.17, 15) is 4.79 Å². The number of amides is 1. The Labute approximate surface area is 199 Å². The number of hydrogen-bond acceptors (Lipinski definition) is 5. The molecule has 0 bridgehead atoms. The van der Waals surface area contributed by atoms with Crippen molar-refractivity contribution < 1.29 is 4.79 Å². The molecule has 6 rings (SSSR count). The van der Waals surface area contributed by atoms with E-state index in [0.717, 1.165) is 34.6 Å². The zero-order chi connectivity index (χ0) is 23.1. The second kappa shape index (κ2) is 8.63. The van der Waals surface area contributed by atoms with Gasteiger partial charge in [0, 0.05) is 46.9 Å². The van der Waals surface area contributed by atoms with Gasteiger partial charge in [-0.1, -0.05) is 25.5 Å². The summed E-state index contributed by atoms with van der Waals surface area (Å²) >= 11 is 0. The summed E-state index contributed by atoms with van der Waals surface area (Å²) < 4.78 is 2.15. The topological polar surface area (TPSA) is 85.6 Å². The highest BCUT2D eigenvalue weighted by Crippen LogP contribution is 2.38. The van der Waals surface area contributed by atoms with Gasteiger partial charge in [-0.3, -0.25) is 14.8 Å². The molecule has 34 heavy (non-hydrogen) atoms. The standard InChI is InChI=1S/C27H28N6O/c1-17-11-21(26-32-30-16-33(26)23-6-7-23)13-22(12-17)31-27(34)25-14-19(9-10-28-25)20-5-8-24(29-15-20)18-3-2-4-18/h5,8-11,13-18,23H,2-4,6-7,12H2,1H3,(H,31,34). The van der Waals surface area contributed by atoms with Gasteiger partial charge in [-0.05, 0) is 67.9 Å². The lowest BCUT2D eigenvalue weighted by molar-refractivity contribution is 0.0959. The van der Waals surface area contributed by atoms with Crippen LogP contribution in [0.2, 0.25) is 0 Å². The normalized spacial score (nSPS) is 20.3. The molecule has 1 amide bonds. The van der Waals surface area contributed by atoms with E-state index in [1.165, 1.54) is 37.8 Å². The fraction of sp³-hybridized carbons (Fsp3) is 0.370. The maximum atomic E-state index is 13.1. The van der Waals surface area contributed by atoms with Crippen LogP contribution in [-0.2, 0) is 0 Å². The first-order valence-electron chi connectivity index (χ1n) is 12.2. The highest BCUT2D eigenvalue weighted by Gasteiger charge is 2.28. The summed E-state index contributed by atoms with van der Waals surface area (Å²) in [5.74, 6) is 1.57. The van der Waals surface area contributed by atoms with Crippen molar-refractivity contribution in [2.45, 2.75) is 57.4 Å². The van der Waals surface area contributed by atoms with E-state index in [1.807, 2.05) is 30.7 Å². The molecule has 3 aromatic rings. The van der Waals surface area contributed by atoms with Gasteiger partial charge >= 0.3 is 0 Å². The number of hydrogen-bond donors (Lipinski definition) is 1. The number of rotatable bonds is 6. The third kappa shape index (κ3) is 4.18. The van der Waals surface area contributed by atoms with Crippen molar-refractivity contribution in [3.8, 4) is 11.1 Å². The molecule has 0 aliphatic heterocycles. The Morgan fingerprint density at radius 3 is 2.71 bits per heavy atom. The van der Waals surface area contributed by atoms with Gasteiger partial charge in [-0.15, -0.1) is 10.2 Å². The first-order chi connectivity index (χ1) is 16.6. The van der Waals surface area contributed by atoms with Crippen molar-refractivity contribution >= 4 is 11.5 Å². The molecule has 0 saturated heterocycles. The number of pyridine rings is 2.